The molecule has 1 aromatic carbocycles. The van der Waals surface area contributed by atoms with Gasteiger partial charge in [0.15, 0.2) is 0 Å². The second kappa shape index (κ2) is 5.59. The van der Waals surface area contributed by atoms with Crippen molar-refractivity contribution in [1.29, 1.82) is 0 Å². The van der Waals surface area contributed by atoms with Gasteiger partial charge in [0, 0.05) is 24.0 Å². The van der Waals surface area contributed by atoms with Crippen LogP contribution >= 0.6 is 11.6 Å². The van der Waals surface area contributed by atoms with Crippen molar-refractivity contribution in [1.82, 2.24) is 4.57 Å². The Hall–Kier alpha value is -1.25. The predicted molar refractivity (Wildman–Crippen MR) is 75.0 cm³/mol. The predicted octanol–water partition coefficient (Wildman–Crippen LogP) is 3.94. The van der Waals surface area contributed by atoms with Crippen LogP contribution in [0.4, 0.5) is 0 Å². The van der Waals surface area contributed by atoms with E-state index in [1.807, 2.05) is 49.0 Å². The molecule has 0 fully saturated rings. The van der Waals surface area contributed by atoms with Crippen LogP contribution in [0.5, 0.6) is 0 Å². The fraction of sp³-hybridized carbons (Fsp3) is 0.333. The molecule has 0 bridgehead atoms. The van der Waals surface area contributed by atoms with Gasteiger partial charge in [-0.3, -0.25) is 0 Å². The Balaban J connectivity index is 2.16. The van der Waals surface area contributed by atoms with Crippen LogP contribution < -0.4 is 0 Å². The average Bonchev–Trinajstić information content (AvgIpc) is 2.80. The maximum Gasteiger partial charge on any atom is 0.0802 e. The number of hydrogen-bond acceptors (Lipinski definition) is 1. The highest BCUT2D eigenvalue weighted by Crippen LogP contribution is 2.21. The normalized spacial score (nSPS) is 12.7. The lowest BCUT2D eigenvalue weighted by molar-refractivity contribution is 0.173. The van der Waals surface area contributed by atoms with Crippen molar-refractivity contribution in [3.05, 3.63) is 58.4 Å². The summed E-state index contributed by atoms with van der Waals surface area (Å²) in [7, 11) is 0. The topological polar surface area (TPSA) is 25.2 Å². The van der Waals surface area contributed by atoms with Gasteiger partial charge in [-0.2, -0.15) is 0 Å². The van der Waals surface area contributed by atoms with Crippen molar-refractivity contribution in [2.45, 2.75) is 32.9 Å². The summed E-state index contributed by atoms with van der Waals surface area (Å²) in [4.78, 5) is 0. The minimum atomic E-state index is -0.375. The monoisotopic (exact) mass is 263 g/mol. The molecule has 0 saturated carbocycles. The van der Waals surface area contributed by atoms with Crippen LogP contribution in [0.25, 0.3) is 0 Å². The molecule has 3 heteroatoms. The van der Waals surface area contributed by atoms with Gasteiger partial charge in [0.05, 0.1) is 6.10 Å². The highest BCUT2D eigenvalue weighted by atomic mass is 35.5. The Bertz CT molecular complexity index is 533. The number of aliphatic hydroxyl groups excluding tert-OH is 1. The first-order valence-corrected chi connectivity index (χ1v) is 6.56. The van der Waals surface area contributed by atoms with E-state index < -0.39 is 0 Å². The Kier molecular flexibility index (Phi) is 4.10. The largest absolute Gasteiger partial charge is 0.388 e. The molecular formula is C15H18ClNO. The molecule has 0 spiro atoms. The zero-order chi connectivity index (χ0) is 13.1. The summed E-state index contributed by atoms with van der Waals surface area (Å²) in [5.41, 5.74) is 3.22. The Morgan fingerprint density at radius 2 is 2.11 bits per heavy atom. The second-order valence-corrected chi connectivity index (χ2v) is 5.04. The lowest BCUT2D eigenvalue weighted by Crippen LogP contribution is -1.98. The van der Waals surface area contributed by atoms with Crippen LogP contribution in [0.1, 0.15) is 36.1 Å². The van der Waals surface area contributed by atoms with Gasteiger partial charge in [-0.1, -0.05) is 30.7 Å². The smallest absolute Gasteiger partial charge is 0.0802 e. The van der Waals surface area contributed by atoms with E-state index in [4.69, 9.17) is 11.6 Å². The average molecular weight is 264 g/mol. The molecule has 2 nitrogen and oxygen atoms in total. The SMILES string of the molecule is CCC(O)c1ccn(Cc2ccc(C)cc2Cl)c1. The van der Waals surface area contributed by atoms with Gasteiger partial charge < -0.3 is 9.67 Å². The van der Waals surface area contributed by atoms with E-state index in [1.54, 1.807) is 0 Å². The second-order valence-electron chi connectivity index (χ2n) is 4.64. The molecule has 1 heterocycles. The molecule has 0 aliphatic rings. The number of hydrogen-bond donors (Lipinski definition) is 1. The zero-order valence-corrected chi connectivity index (χ0v) is 11.5. The van der Waals surface area contributed by atoms with Crippen LogP contribution in [0.15, 0.2) is 36.7 Å². The van der Waals surface area contributed by atoms with E-state index in [0.29, 0.717) is 0 Å². The van der Waals surface area contributed by atoms with E-state index in [2.05, 4.69) is 6.07 Å². The first-order chi connectivity index (χ1) is 8.60. The summed E-state index contributed by atoms with van der Waals surface area (Å²) in [6.07, 6.45) is 4.31. The van der Waals surface area contributed by atoms with Crippen LogP contribution in [-0.2, 0) is 6.54 Å². The quantitative estimate of drug-likeness (QED) is 0.888. The molecule has 0 aliphatic carbocycles. The van der Waals surface area contributed by atoms with E-state index in [-0.39, 0.29) is 6.10 Å². The fourth-order valence-electron chi connectivity index (χ4n) is 1.97. The number of aromatic nitrogens is 1. The summed E-state index contributed by atoms with van der Waals surface area (Å²) in [6, 6.07) is 8.04. The van der Waals surface area contributed by atoms with Crippen LogP contribution in [0, 0.1) is 6.92 Å². The number of benzene rings is 1. The molecule has 1 aromatic heterocycles. The lowest BCUT2D eigenvalue weighted by Gasteiger charge is -2.07. The van der Waals surface area contributed by atoms with Crippen molar-refractivity contribution in [2.75, 3.05) is 0 Å². The maximum absolute atomic E-state index is 9.76. The van der Waals surface area contributed by atoms with Gasteiger partial charge >= 0.3 is 0 Å². The molecule has 0 radical (unpaired) electrons. The highest BCUT2D eigenvalue weighted by molar-refractivity contribution is 6.31. The lowest BCUT2D eigenvalue weighted by atomic mass is 10.1. The summed E-state index contributed by atoms with van der Waals surface area (Å²) >= 11 is 6.21. The van der Waals surface area contributed by atoms with Crippen molar-refractivity contribution in [3.8, 4) is 0 Å². The van der Waals surface area contributed by atoms with Crippen molar-refractivity contribution >= 4 is 11.6 Å². The van der Waals surface area contributed by atoms with E-state index in [9.17, 15) is 5.11 Å². The van der Waals surface area contributed by atoms with Crippen molar-refractivity contribution in [3.63, 3.8) is 0 Å². The minimum Gasteiger partial charge on any atom is -0.388 e. The van der Waals surface area contributed by atoms with Crippen molar-refractivity contribution < 1.29 is 5.11 Å². The number of nitrogens with zero attached hydrogens (tertiary/aromatic N) is 1. The Morgan fingerprint density at radius 3 is 2.78 bits per heavy atom. The zero-order valence-electron chi connectivity index (χ0n) is 10.7. The van der Waals surface area contributed by atoms with Gasteiger partial charge in [0.25, 0.3) is 0 Å². The maximum atomic E-state index is 9.76. The molecule has 2 aromatic rings. The van der Waals surface area contributed by atoms with Gasteiger partial charge in [0.2, 0.25) is 0 Å². The molecule has 1 N–H and O–H groups in total. The summed E-state index contributed by atoms with van der Waals surface area (Å²) in [6.45, 7) is 4.73. The van der Waals surface area contributed by atoms with Crippen LogP contribution in [0.3, 0.4) is 0 Å². The first kappa shape index (κ1) is 13.2. The molecule has 18 heavy (non-hydrogen) atoms. The van der Waals surface area contributed by atoms with E-state index in [1.165, 1.54) is 5.56 Å². The molecule has 1 unspecified atom stereocenters. The third kappa shape index (κ3) is 2.95. The molecule has 96 valence electrons. The first-order valence-electron chi connectivity index (χ1n) is 6.19. The highest BCUT2D eigenvalue weighted by Gasteiger charge is 2.07. The molecule has 0 saturated heterocycles. The minimum absolute atomic E-state index is 0.375. The molecule has 0 aliphatic heterocycles. The Morgan fingerprint density at radius 1 is 1.33 bits per heavy atom. The Labute approximate surface area is 113 Å². The van der Waals surface area contributed by atoms with Gasteiger partial charge in [-0.25, -0.2) is 0 Å². The van der Waals surface area contributed by atoms with Crippen LogP contribution in [-0.4, -0.2) is 9.67 Å². The van der Waals surface area contributed by atoms with Crippen molar-refractivity contribution in [2.24, 2.45) is 0 Å². The number of halogens is 1. The molecule has 2 rings (SSSR count). The summed E-state index contributed by atoms with van der Waals surface area (Å²) in [5.74, 6) is 0. The van der Waals surface area contributed by atoms with Crippen LogP contribution in [0.2, 0.25) is 5.02 Å². The van der Waals surface area contributed by atoms with Gasteiger partial charge in [0.1, 0.15) is 0 Å². The standard InChI is InChI=1S/C15H18ClNO/c1-3-15(18)13-6-7-17(10-13)9-12-5-4-11(2)8-14(12)16/h4-8,10,15,18H,3,9H2,1-2H3. The number of aryl methyl sites for hydroxylation is 1. The molecule has 1 atom stereocenters. The molecule has 0 amide bonds. The third-order valence-corrected chi connectivity index (χ3v) is 3.46. The van der Waals surface area contributed by atoms with Gasteiger partial charge in [-0.05, 0) is 42.2 Å². The fourth-order valence-corrected chi connectivity index (χ4v) is 2.26. The van der Waals surface area contributed by atoms with E-state index >= 15 is 0 Å². The summed E-state index contributed by atoms with van der Waals surface area (Å²) in [5, 5.41) is 10.6. The van der Waals surface area contributed by atoms with Gasteiger partial charge in [-0.15, -0.1) is 0 Å². The third-order valence-electron chi connectivity index (χ3n) is 3.11. The summed E-state index contributed by atoms with van der Waals surface area (Å²) < 4.78 is 2.05. The van der Waals surface area contributed by atoms with E-state index in [0.717, 1.165) is 29.1 Å². The molecular weight excluding hydrogens is 246 g/mol. The number of aliphatic hydroxyl groups is 1. The number of rotatable bonds is 4.